The van der Waals surface area contributed by atoms with Crippen LogP contribution in [0.25, 0.3) is 0 Å². The predicted molar refractivity (Wildman–Crippen MR) is 89.2 cm³/mol. The highest BCUT2D eigenvalue weighted by Crippen LogP contribution is 2.22. The third-order valence-corrected chi connectivity index (χ3v) is 4.15. The van der Waals surface area contributed by atoms with Crippen molar-refractivity contribution >= 4 is 21.8 Å². The molecule has 3 nitrogen and oxygen atoms in total. The normalized spacial score (nSPS) is 12.0. The second-order valence-electron chi connectivity index (χ2n) is 4.90. The van der Waals surface area contributed by atoms with Gasteiger partial charge in [0.25, 0.3) is 5.91 Å². The van der Waals surface area contributed by atoms with Crippen molar-refractivity contribution in [3.05, 3.63) is 69.7 Å². The number of hydrogen-bond acceptors (Lipinski definition) is 2. The lowest BCUT2D eigenvalue weighted by Gasteiger charge is -2.16. The van der Waals surface area contributed by atoms with Crippen LogP contribution in [0, 0.1) is 0 Å². The van der Waals surface area contributed by atoms with Gasteiger partial charge < -0.3 is 10.6 Å². The minimum atomic E-state index is -0.0592. The van der Waals surface area contributed by atoms with Gasteiger partial charge in [-0.05, 0) is 36.2 Å². The average molecular weight is 347 g/mol. The molecule has 0 bridgehead atoms. The van der Waals surface area contributed by atoms with Crippen LogP contribution >= 0.6 is 15.9 Å². The zero-order valence-electron chi connectivity index (χ0n) is 12.2. The summed E-state index contributed by atoms with van der Waals surface area (Å²) in [6.45, 7) is 2.90. The Hall–Kier alpha value is -1.65. The Morgan fingerprint density at radius 3 is 2.43 bits per heavy atom. The van der Waals surface area contributed by atoms with Gasteiger partial charge in [0.15, 0.2) is 0 Å². The molecular weight excluding hydrogens is 328 g/mol. The molecule has 4 heteroatoms. The molecule has 110 valence electrons. The molecule has 2 aromatic rings. The van der Waals surface area contributed by atoms with Crippen molar-refractivity contribution in [3.8, 4) is 0 Å². The number of rotatable bonds is 5. The first-order chi connectivity index (χ1) is 10.1. The van der Waals surface area contributed by atoms with E-state index in [2.05, 4.69) is 39.6 Å². The van der Waals surface area contributed by atoms with Gasteiger partial charge in [0.1, 0.15) is 0 Å². The molecule has 0 fully saturated rings. The van der Waals surface area contributed by atoms with Crippen molar-refractivity contribution in [2.75, 3.05) is 7.05 Å². The van der Waals surface area contributed by atoms with Gasteiger partial charge in [-0.25, -0.2) is 0 Å². The van der Waals surface area contributed by atoms with E-state index in [4.69, 9.17) is 0 Å². The summed E-state index contributed by atoms with van der Waals surface area (Å²) in [4.78, 5) is 11.5. The highest BCUT2D eigenvalue weighted by atomic mass is 79.9. The Bertz CT molecular complexity index is 610. The van der Waals surface area contributed by atoms with Crippen molar-refractivity contribution < 1.29 is 4.79 Å². The largest absolute Gasteiger partial charge is 0.355 e. The minimum Gasteiger partial charge on any atom is -0.355 e. The van der Waals surface area contributed by atoms with Gasteiger partial charge in [0.2, 0.25) is 0 Å². The summed E-state index contributed by atoms with van der Waals surface area (Å²) in [6.07, 6.45) is 0. The predicted octanol–water partition coefficient (Wildman–Crippen LogP) is 3.66. The molecule has 2 N–H and O–H groups in total. The van der Waals surface area contributed by atoms with Crippen molar-refractivity contribution in [1.82, 2.24) is 10.6 Å². The molecule has 1 unspecified atom stereocenters. The second kappa shape index (κ2) is 7.38. The first-order valence-corrected chi connectivity index (χ1v) is 7.70. The number of halogens is 1. The van der Waals surface area contributed by atoms with Crippen LogP contribution in [0.5, 0.6) is 0 Å². The van der Waals surface area contributed by atoms with Gasteiger partial charge in [0, 0.05) is 29.7 Å². The van der Waals surface area contributed by atoms with Crippen LogP contribution in [0.15, 0.2) is 53.0 Å². The van der Waals surface area contributed by atoms with Crippen molar-refractivity contribution in [2.24, 2.45) is 0 Å². The van der Waals surface area contributed by atoms with Crippen LogP contribution < -0.4 is 10.6 Å². The molecular formula is C17H19BrN2O. The third kappa shape index (κ3) is 4.16. The van der Waals surface area contributed by atoms with Gasteiger partial charge in [-0.1, -0.05) is 46.3 Å². The van der Waals surface area contributed by atoms with E-state index in [1.165, 1.54) is 5.56 Å². The first kappa shape index (κ1) is 15.7. The van der Waals surface area contributed by atoms with E-state index >= 15 is 0 Å². The highest BCUT2D eigenvalue weighted by molar-refractivity contribution is 9.10. The van der Waals surface area contributed by atoms with Crippen molar-refractivity contribution in [2.45, 2.75) is 19.5 Å². The molecule has 21 heavy (non-hydrogen) atoms. The number of nitrogens with one attached hydrogen (secondary N) is 2. The van der Waals surface area contributed by atoms with Gasteiger partial charge in [-0.3, -0.25) is 4.79 Å². The zero-order valence-corrected chi connectivity index (χ0v) is 13.8. The molecule has 2 aromatic carbocycles. The maximum absolute atomic E-state index is 11.5. The molecule has 0 saturated carbocycles. The summed E-state index contributed by atoms with van der Waals surface area (Å²) in [5, 5.41) is 6.11. The molecule has 0 heterocycles. The maximum Gasteiger partial charge on any atom is 0.251 e. The van der Waals surface area contributed by atoms with E-state index in [1.807, 2.05) is 42.5 Å². The monoisotopic (exact) mass is 346 g/mol. The lowest BCUT2D eigenvalue weighted by atomic mass is 10.1. The Labute approximate surface area is 133 Å². The lowest BCUT2D eigenvalue weighted by Crippen LogP contribution is -2.19. The summed E-state index contributed by atoms with van der Waals surface area (Å²) in [6, 6.07) is 16.1. The number of carbonyl (C=O) groups excluding carboxylic acids is 1. The molecule has 0 aromatic heterocycles. The summed E-state index contributed by atoms with van der Waals surface area (Å²) in [7, 11) is 1.64. The van der Waals surface area contributed by atoms with Crippen LogP contribution in [0.1, 0.15) is 34.5 Å². The molecule has 0 aliphatic heterocycles. The topological polar surface area (TPSA) is 41.1 Å². The molecule has 0 radical (unpaired) electrons. The highest BCUT2D eigenvalue weighted by Gasteiger charge is 2.08. The third-order valence-electron chi connectivity index (χ3n) is 3.43. The van der Waals surface area contributed by atoms with Gasteiger partial charge in [-0.15, -0.1) is 0 Å². The van der Waals surface area contributed by atoms with E-state index in [9.17, 15) is 4.79 Å². The van der Waals surface area contributed by atoms with E-state index in [0.717, 1.165) is 16.6 Å². The number of hydrogen-bond donors (Lipinski definition) is 2. The SMILES string of the molecule is CNC(=O)c1ccc(CNC(C)c2ccccc2Br)cc1. The summed E-state index contributed by atoms with van der Waals surface area (Å²) >= 11 is 3.57. The number of amides is 1. The van der Waals surface area contributed by atoms with Crippen LogP contribution in [0.4, 0.5) is 0 Å². The minimum absolute atomic E-state index is 0.0592. The van der Waals surface area contributed by atoms with Crippen LogP contribution in [0.2, 0.25) is 0 Å². The fraction of sp³-hybridized carbons (Fsp3) is 0.235. The van der Waals surface area contributed by atoms with E-state index in [-0.39, 0.29) is 11.9 Å². The summed E-state index contributed by atoms with van der Waals surface area (Å²) in [5.41, 5.74) is 3.07. The Morgan fingerprint density at radius 1 is 1.14 bits per heavy atom. The molecule has 0 aliphatic rings. The molecule has 2 rings (SSSR count). The first-order valence-electron chi connectivity index (χ1n) is 6.90. The molecule has 0 spiro atoms. The zero-order chi connectivity index (χ0) is 15.2. The Balaban J connectivity index is 1.97. The standard InChI is InChI=1S/C17H19BrN2O/c1-12(15-5-3-4-6-16(15)18)20-11-13-7-9-14(10-8-13)17(21)19-2/h3-10,12,20H,11H2,1-2H3,(H,19,21). The van der Waals surface area contributed by atoms with Crippen LogP contribution in [0.3, 0.4) is 0 Å². The second-order valence-corrected chi connectivity index (χ2v) is 5.75. The van der Waals surface area contributed by atoms with Crippen LogP contribution in [-0.2, 0) is 6.54 Å². The van der Waals surface area contributed by atoms with E-state index in [0.29, 0.717) is 5.56 Å². The average Bonchev–Trinajstić information content (AvgIpc) is 2.52. The maximum atomic E-state index is 11.5. The quantitative estimate of drug-likeness (QED) is 0.867. The fourth-order valence-electron chi connectivity index (χ4n) is 2.13. The molecule has 1 amide bonds. The molecule has 0 saturated heterocycles. The van der Waals surface area contributed by atoms with Gasteiger partial charge >= 0.3 is 0 Å². The smallest absolute Gasteiger partial charge is 0.251 e. The van der Waals surface area contributed by atoms with Crippen molar-refractivity contribution in [1.29, 1.82) is 0 Å². The van der Waals surface area contributed by atoms with Gasteiger partial charge in [0.05, 0.1) is 0 Å². The summed E-state index contributed by atoms with van der Waals surface area (Å²) < 4.78 is 1.11. The summed E-state index contributed by atoms with van der Waals surface area (Å²) in [5.74, 6) is -0.0592. The van der Waals surface area contributed by atoms with E-state index < -0.39 is 0 Å². The van der Waals surface area contributed by atoms with E-state index in [1.54, 1.807) is 7.05 Å². The fourth-order valence-corrected chi connectivity index (χ4v) is 2.75. The van der Waals surface area contributed by atoms with Gasteiger partial charge in [-0.2, -0.15) is 0 Å². The molecule has 1 atom stereocenters. The molecule has 0 aliphatic carbocycles. The number of carbonyl (C=O) groups is 1. The number of benzene rings is 2. The van der Waals surface area contributed by atoms with Crippen LogP contribution in [-0.4, -0.2) is 13.0 Å². The Kier molecular flexibility index (Phi) is 5.53. The van der Waals surface area contributed by atoms with Crippen molar-refractivity contribution in [3.63, 3.8) is 0 Å². The Morgan fingerprint density at radius 2 is 1.81 bits per heavy atom. The lowest BCUT2D eigenvalue weighted by molar-refractivity contribution is 0.0963.